The molecule has 8 heteroatoms. The van der Waals surface area contributed by atoms with E-state index >= 15 is 0 Å². The molecule has 0 spiro atoms. The number of halogens is 4. The molecule has 0 radical (unpaired) electrons. The second-order valence-electron chi connectivity index (χ2n) is 8.61. The summed E-state index contributed by atoms with van der Waals surface area (Å²) in [6.07, 6.45) is -3.14. The molecule has 0 bridgehead atoms. The van der Waals surface area contributed by atoms with Crippen LogP contribution in [0, 0.1) is 0 Å². The summed E-state index contributed by atoms with van der Waals surface area (Å²) in [5.41, 5.74) is -0.108. The molecule has 0 saturated heterocycles. The molecular weight excluding hydrogens is 465 g/mol. The lowest BCUT2D eigenvalue weighted by Gasteiger charge is -2.30. The van der Waals surface area contributed by atoms with Crippen molar-refractivity contribution in [1.29, 1.82) is 0 Å². The van der Waals surface area contributed by atoms with Gasteiger partial charge < -0.3 is 10.1 Å². The van der Waals surface area contributed by atoms with Crippen molar-refractivity contribution >= 4 is 17.5 Å². The van der Waals surface area contributed by atoms with Gasteiger partial charge in [0.25, 0.3) is 5.91 Å². The van der Waals surface area contributed by atoms with E-state index < -0.39 is 23.2 Å². The summed E-state index contributed by atoms with van der Waals surface area (Å²) in [7, 11) is 0. The van der Waals surface area contributed by atoms with Gasteiger partial charge in [-0.05, 0) is 56.5 Å². The van der Waals surface area contributed by atoms with Gasteiger partial charge in [0.15, 0.2) is 5.60 Å². The van der Waals surface area contributed by atoms with Crippen molar-refractivity contribution in [3.05, 3.63) is 94.6 Å². The number of alkyl halides is 3. The molecule has 1 N–H and O–H groups in total. The van der Waals surface area contributed by atoms with E-state index in [1.54, 1.807) is 13.8 Å². The number of benzene rings is 2. The highest BCUT2D eigenvalue weighted by Crippen LogP contribution is 2.30. The fourth-order valence-corrected chi connectivity index (χ4v) is 3.68. The molecule has 3 rings (SSSR count). The molecule has 180 valence electrons. The van der Waals surface area contributed by atoms with Crippen molar-refractivity contribution in [2.75, 3.05) is 0 Å². The van der Waals surface area contributed by atoms with Crippen LogP contribution in [-0.4, -0.2) is 22.5 Å². The Morgan fingerprint density at radius 3 is 2.24 bits per heavy atom. The zero-order valence-electron chi connectivity index (χ0n) is 19.1. The van der Waals surface area contributed by atoms with E-state index in [2.05, 4.69) is 10.3 Å². The minimum atomic E-state index is -4.50. The van der Waals surface area contributed by atoms with Gasteiger partial charge in [0.2, 0.25) is 5.88 Å². The fraction of sp³-hybridized carbons (Fsp3) is 0.308. The number of carbonyl (C=O) groups is 1. The molecule has 1 heterocycles. The number of ether oxygens (including phenoxy) is 1. The van der Waals surface area contributed by atoms with Gasteiger partial charge in [0.1, 0.15) is 0 Å². The maximum Gasteiger partial charge on any atom is 0.417 e. The van der Waals surface area contributed by atoms with Crippen molar-refractivity contribution in [3.63, 3.8) is 0 Å². The first-order chi connectivity index (χ1) is 16.0. The van der Waals surface area contributed by atoms with Gasteiger partial charge in [-0.2, -0.15) is 13.2 Å². The minimum Gasteiger partial charge on any atom is -0.462 e. The van der Waals surface area contributed by atoms with Crippen molar-refractivity contribution in [1.82, 2.24) is 10.3 Å². The van der Waals surface area contributed by atoms with Gasteiger partial charge in [-0.25, -0.2) is 4.98 Å². The van der Waals surface area contributed by atoms with Crippen LogP contribution in [0.4, 0.5) is 13.2 Å². The van der Waals surface area contributed by atoms with Crippen LogP contribution in [0.2, 0.25) is 5.02 Å². The second-order valence-corrected chi connectivity index (χ2v) is 9.04. The zero-order chi connectivity index (χ0) is 24.9. The average molecular weight is 491 g/mol. The third-order valence-electron chi connectivity index (χ3n) is 5.53. The Morgan fingerprint density at radius 2 is 1.68 bits per heavy atom. The van der Waals surface area contributed by atoms with E-state index in [0.717, 1.165) is 23.3 Å². The smallest absolute Gasteiger partial charge is 0.417 e. The summed E-state index contributed by atoms with van der Waals surface area (Å²) < 4.78 is 44.0. The summed E-state index contributed by atoms with van der Waals surface area (Å²) in [6, 6.07) is 19.1. The maximum absolute atomic E-state index is 13.1. The highest BCUT2D eigenvalue weighted by Gasteiger charge is 2.34. The molecule has 2 aromatic carbocycles. The maximum atomic E-state index is 13.1. The third-order valence-corrected chi connectivity index (χ3v) is 5.78. The first-order valence-corrected chi connectivity index (χ1v) is 11.2. The van der Waals surface area contributed by atoms with Crippen LogP contribution in [0.15, 0.2) is 72.9 Å². The fourth-order valence-electron chi connectivity index (χ4n) is 3.56. The summed E-state index contributed by atoms with van der Waals surface area (Å²) in [4.78, 5) is 16.8. The Hall–Kier alpha value is -3.06. The van der Waals surface area contributed by atoms with Gasteiger partial charge >= 0.3 is 6.18 Å². The zero-order valence-corrected chi connectivity index (χ0v) is 19.8. The molecule has 0 saturated carbocycles. The topological polar surface area (TPSA) is 51.2 Å². The molecular formula is C26H26ClF3N2O2. The number of pyridine rings is 1. The largest absolute Gasteiger partial charge is 0.462 e. The second kappa shape index (κ2) is 10.5. The molecule has 1 amide bonds. The van der Waals surface area contributed by atoms with E-state index in [1.165, 1.54) is 0 Å². The van der Waals surface area contributed by atoms with Crippen LogP contribution >= 0.6 is 11.6 Å². The van der Waals surface area contributed by atoms with Gasteiger partial charge in [-0.1, -0.05) is 54.1 Å². The SMILES string of the molecule is C[C@H](NC(=O)C(C)(C)Oc1ccc(C(F)(F)F)cn1)C(Cc1ccc(Cl)cc1)c1ccccc1. The predicted octanol–water partition coefficient (Wildman–Crippen LogP) is 6.44. The third kappa shape index (κ3) is 6.73. The van der Waals surface area contributed by atoms with Crippen LogP contribution in [0.25, 0.3) is 0 Å². The average Bonchev–Trinajstić information content (AvgIpc) is 2.78. The molecule has 1 unspecified atom stereocenters. The van der Waals surface area contributed by atoms with Crippen molar-refractivity contribution in [3.8, 4) is 5.88 Å². The molecule has 2 atom stereocenters. The highest BCUT2D eigenvalue weighted by molar-refractivity contribution is 6.30. The molecule has 0 aliphatic carbocycles. The molecule has 0 fully saturated rings. The van der Waals surface area contributed by atoms with E-state index in [0.29, 0.717) is 17.6 Å². The van der Waals surface area contributed by atoms with E-state index in [-0.39, 0.29) is 17.8 Å². The first kappa shape index (κ1) is 25.6. The molecule has 0 aliphatic heterocycles. The molecule has 3 aromatic rings. The normalized spacial score (nSPS) is 13.7. The summed E-state index contributed by atoms with van der Waals surface area (Å²) in [5.74, 6) is -0.508. The van der Waals surface area contributed by atoms with Crippen LogP contribution in [0.5, 0.6) is 5.88 Å². The van der Waals surface area contributed by atoms with Crippen molar-refractivity contribution < 1.29 is 22.7 Å². The van der Waals surface area contributed by atoms with Crippen molar-refractivity contribution in [2.24, 2.45) is 0 Å². The minimum absolute atomic E-state index is 0.0358. The number of nitrogens with one attached hydrogen (secondary N) is 1. The number of aromatic nitrogens is 1. The Bertz CT molecular complexity index is 1090. The quantitative estimate of drug-likeness (QED) is 0.395. The number of carbonyl (C=O) groups excluding carboxylic acids is 1. The number of hydrogen-bond acceptors (Lipinski definition) is 3. The molecule has 34 heavy (non-hydrogen) atoms. The Labute approximate surface area is 202 Å². The lowest BCUT2D eigenvalue weighted by atomic mass is 9.86. The Balaban J connectivity index is 1.73. The standard InChI is InChI=1S/C26H26ClF3N2O2/c1-17(22(19-7-5-4-6-8-19)15-18-9-12-21(27)13-10-18)32-24(33)25(2,3)34-23-14-11-20(16-31-23)26(28,29)30/h4-14,16-17,22H,15H2,1-3H3,(H,32,33)/t17-,22?/m0/s1. The highest BCUT2D eigenvalue weighted by atomic mass is 35.5. The lowest BCUT2D eigenvalue weighted by molar-refractivity contribution is -0.138. The van der Waals surface area contributed by atoms with Crippen LogP contribution in [0.3, 0.4) is 0 Å². The van der Waals surface area contributed by atoms with Gasteiger partial charge in [-0.15, -0.1) is 0 Å². The Kier molecular flexibility index (Phi) is 7.87. The summed E-state index contributed by atoms with van der Waals surface area (Å²) in [5, 5.41) is 3.66. The number of amides is 1. The van der Waals surface area contributed by atoms with Crippen LogP contribution in [0.1, 0.15) is 43.4 Å². The number of nitrogens with zero attached hydrogens (tertiary/aromatic N) is 1. The van der Waals surface area contributed by atoms with Crippen LogP contribution in [-0.2, 0) is 17.4 Å². The van der Waals surface area contributed by atoms with Crippen molar-refractivity contribution in [2.45, 2.75) is 50.9 Å². The monoisotopic (exact) mass is 490 g/mol. The predicted molar refractivity (Wildman–Crippen MR) is 126 cm³/mol. The Morgan fingerprint density at radius 1 is 1.03 bits per heavy atom. The molecule has 1 aromatic heterocycles. The number of hydrogen-bond donors (Lipinski definition) is 1. The van der Waals surface area contributed by atoms with E-state index in [4.69, 9.17) is 16.3 Å². The van der Waals surface area contributed by atoms with E-state index in [9.17, 15) is 18.0 Å². The van der Waals surface area contributed by atoms with E-state index in [1.807, 2.05) is 61.5 Å². The summed E-state index contributed by atoms with van der Waals surface area (Å²) >= 11 is 6.01. The summed E-state index contributed by atoms with van der Waals surface area (Å²) in [6.45, 7) is 5.01. The van der Waals surface area contributed by atoms with Gasteiger partial charge in [0, 0.05) is 29.2 Å². The molecule has 4 nitrogen and oxygen atoms in total. The van der Waals surface area contributed by atoms with Gasteiger partial charge in [0.05, 0.1) is 5.56 Å². The first-order valence-electron chi connectivity index (χ1n) is 10.8. The number of rotatable bonds is 8. The van der Waals surface area contributed by atoms with Gasteiger partial charge in [-0.3, -0.25) is 4.79 Å². The van der Waals surface area contributed by atoms with Crippen LogP contribution < -0.4 is 10.1 Å². The lowest BCUT2D eigenvalue weighted by Crippen LogP contribution is -2.51. The molecule has 0 aliphatic rings.